The second kappa shape index (κ2) is 5.26. The molecule has 4 nitrogen and oxygen atoms in total. The molecule has 29 heavy (non-hydrogen) atoms. The zero-order chi connectivity index (χ0) is 21.9. The lowest BCUT2D eigenvalue weighted by molar-refractivity contribution is -0.258. The molecule has 0 aromatic rings. The fourth-order valence-corrected chi connectivity index (χ4v) is 7.30. The highest BCUT2D eigenvalue weighted by molar-refractivity contribution is 8.10. The fraction of sp³-hybridized carbons (Fsp3) is 0.412. The van der Waals surface area contributed by atoms with Gasteiger partial charge in [-0.15, -0.1) is 23.5 Å². The van der Waals surface area contributed by atoms with Crippen molar-refractivity contribution in [2.24, 2.45) is 0 Å². The van der Waals surface area contributed by atoms with Gasteiger partial charge in [0.1, 0.15) is 0 Å². The van der Waals surface area contributed by atoms with Crippen LogP contribution in [-0.4, -0.2) is 49.4 Å². The molecule has 0 aromatic heterocycles. The summed E-state index contributed by atoms with van der Waals surface area (Å²) >= 11 is 0.744. The Morgan fingerprint density at radius 2 is 1.07 bits per heavy atom. The molecule has 2 N–H and O–H groups in total. The van der Waals surface area contributed by atoms with E-state index < -0.39 is 61.5 Å². The van der Waals surface area contributed by atoms with Gasteiger partial charge in [0.05, 0.1) is 0 Å². The Kier molecular flexibility index (Phi) is 3.71. The summed E-state index contributed by atoms with van der Waals surface area (Å²) in [6.45, 7) is 2.53. The lowest BCUT2D eigenvalue weighted by Gasteiger charge is -2.45. The van der Waals surface area contributed by atoms with E-state index in [0.717, 1.165) is 12.2 Å². The van der Waals surface area contributed by atoms with Gasteiger partial charge in [-0.3, -0.25) is 9.59 Å². The van der Waals surface area contributed by atoms with Gasteiger partial charge in [0, 0.05) is 11.1 Å². The monoisotopic (exact) mass is 456 g/mol. The van der Waals surface area contributed by atoms with Crippen LogP contribution in [0.15, 0.2) is 44.3 Å². The minimum absolute atomic E-state index is 0.0237. The number of aliphatic carboxylic acids is 2. The van der Waals surface area contributed by atoms with E-state index in [1.54, 1.807) is 0 Å². The first kappa shape index (κ1) is 20.5. The summed E-state index contributed by atoms with van der Waals surface area (Å²) in [5, 5.41) is 20.0. The lowest BCUT2D eigenvalue weighted by Crippen LogP contribution is -2.61. The number of rotatable bonds is 2. The molecule has 12 heteroatoms. The van der Waals surface area contributed by atoms with Crippen LogP contribution in [0, 0.1) is 0 Å². The summed E-state index contributed by atoms with van der Waals surface area (Å²) in [5.74, 6) is -20.5. The predicted octanol–water partition coefficient (Wildman–Crippen LogP) is 4.46. The molecule has 4 aliphatic rings. The predicted molar refractivity (Wildman–Crippen MR) is 92.3 cm³/mol. The minimum atomic E-state index is -5.87. The molecule has 1 fully saturated rings. The van der Waals surface area contributed by atoms with Crippen molar-refractivity contribution in [2.45, 2.75) is 41.1 Å². The number of fused-ring (bicyclic) bond motifs is 4. The first-order valence-electron chi connectivity index (χ1n) is 7.96. The zero-order valence-electron chi connectivity index (χ0n) is 14.4. The Hall–Kier alpha value is -1.82. The van der Waals surface area contributed by atoms with Gasteiger partial charge >= 0.3 is 29.7 Å². The Morgan fingerprint density at radius 3 is 1.34 bits per heavy atom. The molecule has 2 heterocycles. The molecule has 2 aliphatic heterocycles. The van der Waals surface area contributed by atoms with E-state index in [4.69, 9.17) is 0 Å². The summed E-state index contributed by atoms with van der Waals surface area (Å²) in [6, 6.07) is 0. The van der Waals surface area contributed by atoms with E-state index in [1.165, 1.54) is 13.8 Å². The molecule has 0 amide bonds. The Morgan fingerprint density at radius 1 is 0.759 bits per heavy atom. The van der Waals surface area contributed by atoms with Gasteiger partial charge in [0.25, 0.3) is 0 Å². The van der Waals surface area contributed by atoms with Gasteiger partial charge in [-0.05, 0) is 47.0 Å². The Bertz CT molecular complexity index is 961. The maximum Gasteiger partial charge on any atom is 0.380 e. The van der Waals surface area contributed by atoms with Crippen LogP contribution in [0.5, 0.6) is 0 Å². The fourth-order valence-electron chi connectivity index (χ4n) is 4.33. The quantitative estimate of drug-likeness (QED) is 0.598. The zero-order valence-corrected chi connectivity index (χ0v) is 16.1. The topological polar surface area (TPSA) is 74.6 Å². The SMILES string of the molecule is CC1=CC2=C3C(=C4C=C(C)S[C@@]4(C(=O)O)[C@]2(C(=O)O)S1)C(F)(F)C(F)(F)C3(F)F. The number of hydrogen-bond acceptors (Lipinski definition) is 4. The average molecular weight is 456 g/mol. The van der Waals surface area contributed by atoms with Gasteiger partial charge < -0.3 is 10.2 Å². The maximum atomic E-state index is 14.7. The van der Waals surface area contributed by atoms with Crippen molar-refractivity contribution < 1.29 is 46.1 Å². The first-order chi connectivity index (χ1) is 13.1. The second-order valence-electron chi connectivity index (χ2n) is 6.99. The number of alkyl halides is 6. The van der Waals surface area contributed by atoms with Crippen LogP contribution < -0.4 is 0 Å². The highest BCUT2D eigenvalue weighted by Crippen LogP contribution is 2.74. The molecule has 0 saturated heterocycles. The van der Waals surface area contributed by atoms with Gasteiger partial charge in [0.2, 0.25) is 0 Å². The molecule has 2 atom stereocenters. The summed E-state index contributed by atoms with van der Waals surface area (Å²) in [4.78, 5) is 24.8. The lowest BCUT2D eigenvalue weighted by atomic mass is 9.69. The molecular weight excluding hydrogens is 446 g/mol. The summed E-state index contributed by atoms with van der Waals surface area (Å²) < 4.78 is 81.9. The van der Waals surface area contributed by atoms with Gasteiger partial charge in [-0.1, -0.05) is 0 Å². The molecule has 0 unspecified atom stereocenters. The molecule has 0 spiro atoms. The van der Waals surface area contributed by atoms with Crippen LogP contribution in [0.2, 0.25) is 0 Å². The molecule has 156 valence electrons. The smallest absolute Gasteiger partial charge is 0.380 e. The number of carboxylic acids is 2. The van der Waals surface area contributed by atoms with Crippen molar-refractivity contribution in [1.82, 2.24) is 0 Å². The van der Waals surface area contributed by atoms with Gasteiger partial charge in [-0.2, -0.15) is 26.3 Å². The van der Waals surface area contributed by atoms with Crippen molar-refractivity contribution in [3.63, 3.8) is 0 Å². The number of allylic oxidation sites excluding steroid dienone is 6. The molecule has 0 bridgehead atoms. The molecule has 1 saturated carbocycles. The summed E-state index contributed by atoms with van der Waals surface area (Å²) in [5.41, 5.74) is -5.69. The summed E-state index contributed by atoms with van der Waals surface area (Å²) in [6.07, 6.45) is 1.57. The molecular formula is C17H10F6O4S2. The molecule has 0 radical (unpaired) electrons. The highest BCUT2D eigenvalue weighted by Gasteiger charge is 2.86. The third kappa shape index (κ3) is 1.84. The number of carboxylic acid groups (broad SMARTS) is 2. The van der Waals surface area contributed by atoms with Crippen LogP contribution >= 0.6 is 23.5 Å². The normalized spacial score (nSPS) is 35.7. The number of hydrogen-bond donors (Lipinski definition) is 2. The average Bonchev–Trinajstić information content (AvgIpc) is 3.13. The van der Waals surface area contributed by atoms with Crippen LogP contribution in [0.1, 0.15) is 13.8 Å². The molecule has 4 rings (SSSR count). The largest absolute Gasteiger partial charge is 0.480 e. The highest BCUT2D eigenvalue weighted by atomic mass is 32.2. The van der Waals surface area contributed by atoms with Crippen LogP contribution in [0.4, 0.5) is 26.3 Å². The number of thioether (sulfide) groups is 2. The van der Waals surface area contributed by atoms with Crippen LogP contribution in [0.3, 0.4) is 0 Å². The van der Waals surface area contributed by atoms with E-state index in [-0.39, 0.29) is 9.81 Å². The van der Waals surface area contributed by atoms with Gasteiger partial charge in [0.15, 0.2) is 9.49 Å². The maximum absolute atomic E-state index is 14.7. The van der Waals surface area contributed by atoms with E-state index in [1.807, 2.05) is 0 Å². The van der Waals surface area contributed by atoms with Crippen molar-refractivity contribution in [2.75, 3.05) is 0 Å². The van der Waals surface area contributed by atoms with E-state index in [2.05, 4.69) is 0 Å². The minimum Gasteiger partial charge on any atom is -0.480 e. The Balaban J connectivity index is 2.30. The van der Waals surface area contributed by atoms with Crippen molar-refractivity contribution in [3.05, 3.63) is 44.3 Å². The van der Waals surface area contributed by atoms with Crippen molar-refractivity contribution in [3.8, 4) is 0 Å². The Labute approximate surface area is 167 Å². The summed E-state index contributed by atoms with van der Waals surface area (Å²) in [7, 11) is 0. The van der Waals surface area contributed by atoms with Crippen molar-refractivity contribution >= 4 is 35.5 Å². The third-order valence-electron chi connectivity index (χ3n) is 5.39. The number of halogens is 6. The van der Waals surface area contributed by atoms with Crippen LogP contribution in [-0.2, 0) is 9.59 Å². The van der Waals surface area contributed by atoms with E-state index in [0.29, 0.717) is 23.5 Å². The molecule has 0 aromatic carbocycles. The second-order valence-corrected chi connectivity index (χ2v) is 9.91. The van der Waals surface area contributed by atoms with Gasteiger partial charge in [-0.25, -0.2) is 0 Å². The third-order valence-corrected chi connectivity index (χ3v) is 8.41. The van der Waals surface area contributed by atoms with Crippen molar-refractivity contribution in [1.29, 1.82) is 0 Å². The standard InChI is InChI=1S/C17H10F6O4S2/c1-5-3-7-9-10(16(20,21)17(22,23)15(9,18)19)8-4-6(2)29-14(8,12(26)27)13(7,28-5)11(24)25/h3-4H,1-2H3,(H,24,25)(H,26,27)/t13-,14-/m0/s1. The van der Waals surface area contributed by atoms with Crippen LogP contribution in [0.25, 0.3) is 0 Å². The first-order valence-corrected chi connectivity index (χ1v) is 9.59. The van der Waals surface area contributed by atoms with E-state index >= 15 is 0 Å². The van der Waals surface area contributed by atoms with E-state index in [9.17, 15) is 46.1 Å². The number of carbonyl (C=O) groups is 2. The molecule has 2 aliphatic carbocycles.